The molecule has 2 N–H and O–H groups in total. The van der Waals surface area contributed by atoms with Crippen LogP contribution in [-0.2, 0) is 14.3 Å². The van der Waals surface area contributed by atoms with E-state index in [9.17, 15) is 18.4 Å². The van der Waals surface area contributed by atoms with Crippen molar-refractivity contribution < 1.29 is 28.2 Å². The zero-order valence-corrected chi connectivity index (χ0v) is 20.0. The van der Waals surface area contributed by atoms with Crippen LogP contribution in [-0.4, -0.2) is 64.7 Å². The molecule has 1 aromatic heterocycles. The Morgan fingerprint density at radius 1 is 1.43 bits per heavy atom. The predicted molar refractivity (Wildman–Crippen MR) is 127 cm³/mol. The van der Waals surface area contributed by atoms with Gasteiger partial charge >= 0.3 is 11.9 Å². The highest BCUT2D eigenvalue weighted by molar-refractivity contribution is 7.11. The third-order valence-electron chi connectivity index (χ3n) is 5.51. The Morgan fingerprint density at radius 2 is 2.23 bits per heavy atom. The number of thiazole rings is 1. The molecule has 3 heterocycles. The summed E-state index contributed by atoms with van der Waals surface area (Å²) in [6.45, 7) is 1.88. The molecule has 2 aliphatic rings. The first-order chi connectivity index (χ1) is 16.8. The number of hydrogen-bond acceptors (Lipinski definition) is 8. The van der Waals surface area contributed by atoms with Crippen molar-refractivity contribution in [1.82, 2.24) is 15.2 Å². The van der Waals surface area contributed by atoms with Crippen LogP contribution in [0.5, 0.6) is 0 Å². The lowest BCUT2D eigenvalue weighted by molar-refractivity contribution is -0.139. The number of carbonyl (C=O) groups excluding carboxylic acids is 1. The van der Waals surface area contributed by atoms with Gasteiger partial charge in [0.2, 0.25) is 0 Å². The summed E-state index contributed by atoms with van der Waals surface area (Å²) in [7, 11) is 0. The number of aliphatic imine (C=N–C) groups is 1. The molecule has 0 radical (unpaired) electrons. The minimum absolute atomic E-state index is 0.0433. The average Bonchev–Trinajstić information content (AvgIpc) is 3.33. The molecular weight excluding hydrogens is 502 g/mol. The number of halogens is 3. The first-order valence-electron chi connectivity index (χ1n) is 10.7. The van der Waals surface area contributed by atoms with E-state index in [-0.39, 0.29) is 30.3 Å². The van der Waals surface area contributed by atoms with E-state index in [2.05, 4.69) is 15.3 Å². The van der Waals surface area contributed by atoms with Gasteiger partial charge in [0.1, 0.15) is 18.0 Å². The molecule has 0 amide bonds. The van der Waals surface area contributed by atoms with Gasteiger partial charge in [-0.2, -0.15) is 0 Å². The van der Waals surface area contributed by atoms with Crippen LogP contribution in [0.15, 0.2) is 58.2 Å². The summed E-state index contributed by atoms with van der Waals surface area (Å²) in [5, 5.41) is 14.4. The van der Waals surface area contributed by atoms with Crippen LogP contribution in [0.2, 0.25) is 5.02 Å². The number of esters is 1. The Balaban J connectivity index is 1.79. The van der Waals surface area contributed by atoms with Gasteiger partial charge in [0.15, 0.2) is 10.8 Å². The number of likely N-dealkylation sites (tertiary alicyclic amines) is 1. The number of nitrogens with zero attached hydrogens (tertiary/aromatic N) is 3. The van der Waals surface area contributed by atoms with Crippen LogP contribution < -0.4 is 5.32 Å². The second kappa shape index (κ2) is 10.6. The Hall–Kier alpha value is -3.15. The zero-order chi connectivity index (χ0) is 25.1. The SMILES string of the molecule is CCOC(=O)C1=C(CN2CC(F)C2/C=C/C(=O)O)NC(c2nccs2)=N[C@H]1c1ccc(F)cc1Cl. The standard InChI is InChI=1S/C23H21ClF2N4O4S/c1-2-34-23(33)19-16(11-30-10-15(26)17(30)5-6-18(31)32)28-21(22-27-7-8-35-22)29-20(19)13-4-3-12(25)9-14(13)24/h3-9,15,17,20H,2,10-11H2,1H3,(H,28,29)(H,31,32)/b6-5+/t15?,17?,20-/m0/s1. The summed E-state index contributed by atoms with van der Waals surface area (Å²) < 4.78 is 33.3. The molecule has 0 saturated carbocycles. The highest BCUT2D eigenvalue weighted by atomic mass is 35.5. The largest absolute Gasteiger partial charge is 0.478 e. The van der Waals surface area contributed by atoms with Crippen molar-refractivity contribution in [2.75, 3.05) is 19.7 Å². The molecule has 2 unspecified atom stereocenters. The number of ether oxygens (including phenoxy) is 1. The monoisotopic (exact) mass is 522 g/mol. The summed E-state index contributed by atoms with van der Waals surface area (Å²) in [6, 6.07) is 2.09. The van der Waals surface area contributed by atoms with Gasteiger partial charge in [0, 0.05) is 47.0 Å². The number of hydrogen-bond donors (Lipinski definition) is 2. The maximum atomic E-state index is 14.2. The van der Waals surface area contributed by atoms with E-state index in [0.717, 1.165) is 12.1 Å². The average molecular weight is 523 g/mol. The summed E-state index contributed by atoms with van der Waals surface area (Å²) in [5.41, 5.74) is 0.914. The van der Waals surface area contributed by atoms with Crippen molar-refractivity contribution in [2.24, 2.45) is 4.99 Å². The number of carbonyl (C=O) groups is 2. The van der Waals surface area contributed by atoms with E-state index in [1.165, 1.54) is 29.5 Å². The van der Waals surface area contributed by atoms with Crippen molar-refractivity contribution in [1.29, 1.82) is 0 Å². The molecule has 8 nitrogen and oxygen atoms in total. The molecule has 3 atom stereocenters. The van der Waals surface area contributed by atoms with Crippen LogP contribution in [0.4, 0.5) is 8.78 Å². The normalized spacial score (nSPS) is 22.5. The van der Waals surface area contributed by atoms with Gasteiger partial charge in [-0.3, -0.25) is 9.89 Å². The predicted octanol–water partition coefficient (Wildman–Crippen LogP) is 3.51. The zero-order valence-electron chi connectivity index (χ0n) is 18.5. The van der Waals surface area contributed by atoms with Gasteiger partial charge in [-0.1, -0.05) is 23.7 Å². The maximum Gasteiger partial charge on any atom is 0.338 e. The number of alkyl halides is 1. The third kappa shape index (κ3) is 5.42. The second-order valence-electron chi connectivity index (χ2n) is 7.75. The number of aliphatic carboxylic acids is 1. The number of aromatic nitrogens is 1. The van der Waals surface area contributed by atoms with E-state index in [1.807, 2.05) is 0 Å². The first-order valence-corrected chi connectivity index (χ1v) is 11.9. The molecule has 0 spiro atoms. The molecular formula is C23H21ClF2N4O4S. The third-order valence-corrected chi connectivity index (χ3v) is 6.62. The lowest BCUT2D eigenvalue weighted by atomic mass is 9.93. The summed E-state index contributed by atoms with van der Waals surface area (Å²) in [6.07, 6.45) is 2.51. The van der Waals surface area contributed by atoms with Gasteiger partial charge in [0.05, 0.1) is 18.2 Å². The highest BCUT2D eigenvalue weighted by Gasteiger charge is 2.41. The van der Waals surface area contributed by atoms with Crippen molar-refractivity contribution in [2.45, 2.75) is 25.2 Å². The van der Waals surface area contributed by atoms with E-state index < -0.39 is 36.0 Å². The Bertz CT molecular complexity index is 1220. The van der Waals surface area contributed by atoms with Crippen LogP contribution in [0, 0.1) is 5.82 Å². The molecule has 0 bridgehead atoms. The molecule has 35 heavy (non-hydrogen) atoms. The van der Waals surface area contributed by atoms with E-state index in [4.69, 9.17) is 21.4 Å². The van der Waals surface area contributed by atoms with Gasteiger partial charge < -0.3 is 15.2 Å². The van der Waals surface area contributed by atoms with Crippen molar-refractivity contribution in [3.05, 3.63) is 74.6 Å². The fourth-order valence-corrected chi connectivity index (χ4v) is 4.77. The van der Waals surface area contributed by atoms with Gasteiger partial charge in [0.25, 0.3) is 0 Å². The molecule has 2 aromatic rings. The number of benzene rings is 1. The van der Waals surface area contributed by atoms with Crippen LogP contribution in [0.1, 0.15) is 23.5 Å². The van der Waals surface area contributed by atoms with Gasteiger partial charge in [-0.25, -0.2) is 23.4 Å². The Kier molecular flexibility index (Phi) is 7.58. The first kappa shape index (κ1) is 25.0. The topological polar surface area (TPSA) is 104 Å². The molecule has 1 aromatic carbocycles. The lowest BCUT2D eigenvalue weighted by Gasteiger charge is -2.43. The van der Waals surface area contributed by atoms with Gasteiger partial charge in [-0.05, 0) is 19.1 Å². The van der Waals surface area contributed by atoms with Crippen molar-refractivity contribution >= 4 is 40.7 Å². The Labute approximate surface area is 208 Å². The second-order valence-corrected chi connectivity index (χ2v) is 9.06. The fraction of sp³-hybridized carbons (Fsp3) is 0.304. The maximum absolute atomic E-state index is 14.2. The fourth-order valence-electron chi connectivity index (χ4n) is 3.91. The molecule has 184 valence electrons. The minimum Gasteiger partial charge on any atom is -0.478 e. The number of nitrogens with one attached hydrogen (secondary N) is 1. The van der Waals surface area contributed by atoms with Gasteiger partial charge in [-0.15, -0.1) is 11.3 Å². The summed E-state index contributed by atoms with van der Waals surface area (Å²) in [4.78, 5) is 34.7. The quantitative estimate of drug-likeness (QED) is 0.404. The van der Waals surface area contributed by atoms with Crippen LogP contribution >= 0.6 is 22.9 Å². The van der Waals surface area contributed by atoms with E-state index in [1.54, 1.807) is 23.4 Å². The Morgan fingerprint density at radius 3 is 2.86 bits per heavy atom. The number of carboxylic acid groups (broad SMARTS) is 1. The molecule has 1 fully saturated rings. The molecule has 1 saturated heterocycles. The highest BCUT2D eigenvalue weighted by Crippen LogP contribution is 2.37. The number of rotatable bonds is 8. The molecule has 12 heteroatoms. The van der Waals surface area contributed by atoms with Crippen molar-refractivity contribution in [3.8, 4) is 0 Å². The van der Waals surface area contributed by atoms with E-state index in [0.29, 0.717) is 22.1 Å². The summed E-state index contributed by atoms with van der Waals surface area (Å²) in [5.74, 6) is -2.02. The minimum atomic E-state index is -1.25. The number of carboxylic acids is 1. The van der Waals surface area contributed by atoms with Crippen LogP contribution in [0.25, 0.3) is 0 Å². The molecule has 2 aliphatic heterocycles. The molecule has 4 rings (SSSR count). The molecule has 0 aliphatic carbocycles. The van der Waals surface area contributed by atoms with Crippen LogP contribution in [0.3, 0.4) is 0 Å². The van der Waals surface area contributed by atoms with E-state index >= 15 is 0 Å². The summed E-state index contributed by atoms with van der Waals surface area (Å²) >= 11 is 7.67. The lowest BCUT2D eigenvalue weighted by Crippen LogP contribution is -2.58. The number of amidine groups is 1. The smallest absolute Gasteiger partial charge is 0.338 e. The van der Waals surface area contributed by atoms with Crippen molar-refractivity contribution in [3.63, 3.8) is 0 Å².